The summed E-state index contributed by atoms with van der Waals surface area (Å²) in [5.74, 6) is 0.0364. The second-order valence-corrected chi connectivity index (χ2v) is 19.6. The van der Waals surface area contributed by atoms with Gasteiger partial charge in [0.25, 0.3) is 0 Å². The molecular weight excluding hydrogens is 677 g/mol. The van der Waals surface area contributed by atoms with E-state index in [2.05, 4.69) is 83.1 Å². The lowest BCUT2D eigenvalue weighted by molar-refractivity contribution is -0.144. The lowest BCUT2D eigenvalue weighted by atomic mass is 9.40. The Balaban J connectivity index is 1.28. The number of aliphatic hydroxyl groups is 3. The molecule has 2 aliphatic heterocycles. The first-order valence-corrected chi connectivity index (χ1v) is 20.2. The van der Waals surface area contributed by atoms with Gasteiger partial charge in [-0.15, -0.1) is 0 Å². The number of amides is 1. The number of fused-ring (bicyclic) bond motifs is 11. The number of hydrogen-bond donors (Lipinski definition) is 4. The number of aromatic nitrogens is 1. The van der Waals surface area contributed by atoms with Crippen molar-refractivity contribution in [2.45, 2.75) is 142 Å². The van der Waals surface area contributed by atoms with Gasteiger partial charge in [-0.2, -0.15) is 0 Å². The number of ketones is 1. The van der Waals surface area contributed by atoms with Gasteiger partial charge in [0.1, 0.15) is 6.04 Å². The number of hydrogen-bond acceptors (Lipinski definition) is 6. The molecule has 1 aromatic heterocycles. The molecule has 1 amide bonds. The Hall–Kier alpha value is -3.30. The van der Waals surface area contributed by atoms with Gasteiger partial charge in [-0.1, -0.05) is 51.2 Å². The summed E-state index contributed by atoms with van der Waals surface area (Å²) >= 11 is 0. The van der Waals surface area contributed by atoms with E-state index < -0.39 is 41.0 Å². The van der Waals surface area contributed by atoms with Crippen LogP contribution in [0.4, 0.5) is 0 Å². The fourth-order valence-corrected chi connectivity index (χ4v) is 13.0. The smallest absolute Gasteiger partial charge is 0.247 e. The minimum atomic E-state index is -0.864. The van der Waals surface area contributed by atoms with Gasteiger partial charge in [-0.05, 0) is 127 Å². The normalized spacial score (nSPS) is 37.8. The van der Waals surface area contributed by atoms with Gasteiger partial charge in [0.15, 0.2) is 5.78 Å². The number of allylic oxidation sites excluding steroid dienone is 3. The maximum absolute atomic E-state index is 14.9. The number of nitrogens with zero attached hydrogens (tertiary/aromatic N) is 1. The van der Waals surface area contributed by atoms with E-state index >= 15 is 0 Å². The fourth-order valence-electron chi connectivity index (χ4n) is 13.0. The first kappa shape index (κ1) is 37.6. The Kier molecular flexibility index (Phi) is 8.26. The predicted molar refractivity (Wildman–Crippen MR) is 212 cm³/mol. The van der Waals surface area contributed by atoms with Crippen molar-refractivity contribution in [1.29, 1.82) is 0 Å². The summed E-state index contributed by atoms with van der Waals surface area (Å²) < 4.78 is 8.89. The summed E-state index contributed by atoms with van der Waals surface area (Å²) in [5, 5.41) is 37.5. The molecule has 4 aliphatic carbocycles. The Morgan fingerprint density at radius 2 is 1.81 bits per heavy atom. The molecule has 2 saturated carbocycles. The van der Waals surface area contributed by atoms with Crippen LogP contribution in [0.15, 0.2) is 48.1 Å². The van der Waals surface area contributed by atoms with Crippen LogP contribution in [0.25, 0.3) is 16.5 Å². The SMILES string of the molecule is C=C(C)C1C(=O)c2c3c(cc4c5c(n1c24)C1(C)C(CCC2C(C)(/C=C/C=C(\C)C(=O)NCC(C)O)C(O)CCC21C)C5)C1=CC(C)(C)OC(C)(C)C1C3O. The number of carbonyl (C=O) groups is 2. The number of aliphatic hydroxyl groups excluding tert-OH is 3. The summed E-state index contributed by atoms with van der Waals surface area (Å²) in [7, 11) is 0. The number of nitrogens with one attached hydrogen (secondary N) is 1. The van der Waals surface area contributed by atoms with E-state index in [1.807, 2.05) is 19.1 Å². The fraction of sp³-hybridized carbons (Fsp3) is 0.609. The number of ether oxygens (including phenoxy) is 1. The van der Waals surface area contributed by atoms with Gasteiger partial charge in [-0.25, -0.2) is 0 Å². The lowest BCUT2D eigenvalue weighted by Crippen LogP contribution is -2.62. The van der Waals surface area contributed by atoms with Crippen LogP contribution >= 0.6 is 0 Å². The van der Waals surface area contributed by atoms with E-state index in [0.29, 0.717) is 23.5 Å². The number of benzene rings is 1. The molecule has 8 rings (SSSR count). The lowest BCUT2D eigenvalue weighted by Gasteiger charge is -2.64. The topological polar surface area (TPSA) is 121 Å². The summed E-state index contributed by atoms with van der Waals surface area (Å²) in [6.07, 6.45) is 10.4. The van der Waals surface area contributed by atoms with E-state index in [1.165, 1.54) is 11.3 Å². The zero-order valence-electron chi connectivity index (χ0n) is 33.9. The molecule has 2 aromatic rings. The number of rotatable bonds is 6. The molecule has 0 saturated heterocycles. The van der Waals surface area contributed by atoms with Crippen LogP contribution in [0, 0.1) is 28.6 Å². The third-order valence-corrected chi connectivity index (χ3v) is 15.3. The maximum atomic E-state index is 14.9. The van der Waals surface area contributed by atoms with Crippen LogP contribution in [-0.4, -0.2) is 61.5 Å². The molecule has 0 bridgehead atoms. The van der Waals surface area contributed by atoms with Crippen molar-refractivity contribution in [2.24, 2.45) is 28.6 Å². The highest BCUT2D eigenvalue weighted by atomic mass is 16.5. The largest absolute Gasteiger partial charge is 0.392 e. The molecule has 4 N–H and O–H groups in total. The van der Waals surface area contributed by atoms with E-state index in [0.717, 1.165) is 58.9 Å². The molecule has 1 aromatic carbocycles. The monoisotopic (exact) mass is 736 g/mol. The van der Waals surface area contributed by atoms with Crippen LogP contribution in [0.1, 0.15) is 140 Å². The van der Waals surface area contributed by atoms with E-state index in [4.69, 9.17) is 4.74 Å². The van der Waals surface area contributed by atoms with E-state index in [-0.39, 0.29) is 40.9 Å². The highest BCUT2D eigenvalue weighted by Crippen LogP contribution is 2.71. The van der Waals surface area contributed by atoms with E-state index in [1.54, 1.807) is 13.8 Å². The average molecular weight is 737 g/mol. The summed E-state index contributed by atoms with van der Waals surface area (Å²) in [4.78, 5) is 27.6. The third kappa shape index (κ3) is 4.81. The molecule has 0 spiro atoms. The first-order chi connectivity index (χ1) is 25.1. The molecule has 290 valence electrons. The van der Waals surface area contributed by atoms with Crippen molar-refractivity contribution in [3.05, 3.63) is 76.0 Å². The summed E-state index contributed by atoms with van der Waals surface area (Å²) in [5.41, 5.74) is 6.13. The van der Waals surface area contributed by atoms with Gasteiger partial charge in [0.2, 0.25) is 5.91 Å². The second kappa shape index (κ2) is 11.9. The highest BCUT2D eigenvalue weighted by Gasteiger charge is 2.67. The third-order valence-electron chi connectivity index (χ3n) is 15.3. The quantitative estimate of drug-likeness (QED) is 0.138. The zero-order valence-corrected chi connectivity index (χ0v) is 33.9. The molecular formula is C46H60N2O6. The van der Waals surface area contributed by atoms with Crippen LogP contribution < -0.4 is 5.32 Å². The first-order valence-electron chi connectivity index (χ1n) is 20.2. The van der Waals surface area contributed by atoms with Gasteiger partial charge in [-0.3, -0.25) is 9.59 Å². The maximum Gasteiger partial charge on any atom is 0.247 e. The average Bonchev–Trinajstić information content (AvgIpc) is 3.74. The Labute approximate surface area is 320 Å². The standard InChI is InChI=1S/C46H60N2O6/c1-23(2)36-39(52)34-33-27(30-21-42(5,6)54-43(7,8)35(30)38(33)51)20-28-29-19-26-14-15-31-44(9,17-12-13-24(3)41(53)47-22-25(4)49)32(50)16-18-45(31,10)46(26,11)40(29)48(36)37(28)34/h12-13,17,20-21,25-26,31-32,35-36,38,49-51H,1,14-16,18-19,22H2,2-11H3,(H,47,53)/b17-12+,24-13+. The Morgan fingerprint density at radius 1 is 1.11 bits per heavy atom. The molecule has 3 heterocycles. The summed E-state index contributed by atoms with van der Waals surface area (Å²) in [6.45, 7) is 25.3. The minimum Gasteiger partial charge on any atom is -0.392 e. The van der Waals surface area contributed by atoms with Crippen LogP contribution in [0.5, 0.6) is 0 Å². The molecule has 2 fully saturated rings. The van der Waals surface area contributed by atoms with E-state index in [9.17, 15) is 24.9 Å². The molecule has 6 aliphatic rings. The molecule has 54 heavy (non-hydrogen) atoms. The van der Waals surface area contributed by atoms with Crippen molar-refractivity contribution in [3.8, 4) is 0 Å². The van der Waals surface area contributed by atoms with Gasteiger partial charge in [0.05, 0.1) is 40.6 Å². The summed E-state index contributed by atoms with van der Waals surface area (Å²) in [6, 6.07) is 1.75. The number of carbonyl (C=O) groups excluding carboxylic acids is 2. The van der Waals surface area contributed by atoms with Gasteiger partial charge >= 0.3 is 0 Å². The minimum absolute atomic E-state index is 0.0227. The second-order valence-electron chi connectivity index (χ2n) is 19.6. The van der Waals surface area contributed by atoms with Gasteiger partial charge < -0.3 is 29.9 Å². The van der Waals surface area contributed by atoms with Crippen molar-refractivity contribution in [3.63, 3.8) is 0 Å². The van der Waals surface area contributed by atoms with Crippen molar-refractivity contribution in [2.75, 3.05) is 6.54 Å². The molecule has 8 nitrogen and oxygen atoms in total. The highest BCUT2D eigenvalue weighted by molar-refractivity contribution is 6.18. The van der Waals surface area contributed by atoms with Crippen LogP contribution in [-0.2, 0) is 21.4 Å². The molecule has 8 heteroatoms. The van der Waals surface area contributed by atoms with Crippen LogP contribution in [0.2, 0.25) is 0 Å². The molecule has 10 atom stereocenters. The Bertz CT molecular complexity index is 2110. The van der Waals surface area contributed by atoms with Crippen molar-refractivity contribution < 1.29 is 29.6 Å². The molecule has 0 radical (unpaired) electrons. The zero-order chi connectivity index (χ0) is 39.2. The Morgan fingerprint density at radius 3 is 2.48 bits per heavy atom. The number of Topliss-reactive ketones (excluding diaryl/α,β-unsaturated/α-hetero) is 1. The molecule has 10 unspecified atom stereocenters. The van der Waals surface area contributed by atoms with Gasteiger partial charge in [0, 0.05) is 45.5 Å². The van der Waals surface area contributed by atoms with Crippen LogP contribution in [0.3, 0.4) is 0 Å². The van der Waals surface area contributed by atoms with Crippen molar-refractivity contribution >= 4 is 28.2 Å². The predicted octanol–water partition coefficient (Wildman–Crippen LogP) is 7.60. The van der Waals surface area contributed by atoms with Crippen molar-refractivity contribution in [1.82, 2.24) is 9.88 Å².